The fraction of sp³-hybridized carbons (Fsp3) is 0.350. The van der Waals surface area contributed by atoms with E-state index in [-0.39, 0.29) is 5.91 Å². The Labute approximate surface area is 156 Å². The first-order valence-corrected chi connectivity index (χ1v) is 10.3. The first-order valence-electron chi connectivity index (χ1n) is 8.87. The monoisotopic (exact) mass is 374 g/mol. The van der Waals surface area contributed by atoms with Gasteiger partial charge in [0.25, 0.3) is 0 Å². The number of rotatable bonds is 9. The molecule has 6 heteroatoms. The van der Waals surface area contributed by atoms with Crippen LogP contribution >= 0.6 is 0 Å². The zero-order valence-electron chi connectivity index (χ0n) is 15.3. The van der Waals surface area contributed by atoms with E-state index >= 15 is 0 Å². The highest BCUT2D eigenvalue weighted by Gasteiger charge is 2.21. The molecular formula is C20H26N2O3S. The Morgan fingerprint density at radius 1 is 0.923 bits per heavy atom. The highest BCUT2D eigenvalue weighted by Crippen LogP contribution is 2.16. The molecule has 0 radical (unpaired) electrons. The lowest BCUT2D eigenvalue weighted by Gasteiger charge is -2.18. The third kappa shape index (κ3) is 5.41. The molecule has 1 amide bonds. The molecule has 0 bridgehead atoms. The van der Waals surface area contributed by atoms with Gasteiger partial charge >= 0.3 is 0 Å². The first kappa shape index (κ1) is 20.1. The zero-order valence-corrected chi connectivity index (χ0v) is 16.1. The molecule has 0 heterocycles. The summed E-state index contributed by atoms with van der Waals surface area (Å²) in [5.74, 6) is -0.0167. The van der Waals surface area contributed by atoms with Gasteiger partial charge in [0.2, 0.25) is 15.9 Å². The maximum Gasteiger partial charge on any atom is 0.243 e. The second kappa shape index (κ2) is 9.50. The lowest BCUT2D eigenvalue weighted by Crippen LogP contribution is -2.30. The van der Waals surface area contributed by atoms with Gasteiger partial charge in [0.1, 0.15) is 0 Å². The molecule has 2 rings (SSSR count). The molecule has 0 unspecified atom stereocenters. The molecule has 0 atom stereocenters. The van der Waals surface area contributed by atoms with E-state index in [1.807, 2.05) is 44.2 Å². The topological polar surface area (TPSA) is 66.5 Å². The Morgan fingerprint density at radius 2 is 1.54 bits per heavy atom. The minimum atomic E-state index is -3.42. The number of carbonyl (C=O) groups excluding carboxylic acids is 1. The average Bonchev–Trinajstić information content (AvgIpc) is 2.64. The van der Waals surface area contributed by atoms with Crippen molar-refractivity contribution in [2.24, 2.45) is 0 Å². The summed E-state index contributed by atoms with van der Waals surface area (Å²) in [7, 11) is -3.42. The Kier molecular flexibility index (Phi) is 7.36. The number of hydrogen-bond acceptors (Lipinski definition) is 3. The molecule has 140 valence electrons. The van der Waals surface area contributed by atoms with Gasteiger partial charge in [-0.05, 0) is 29.7 Å². The molecular weight excluding hydrogens is 348 g/mol. The van der Waals surface area contributed by atoms with Crippen LogP contribution in [-0.2, 0) is 27.7 Å². The Balaban J connectivity index is 1.87. The molecule has 0 aliphatic heterocycles. The van der Waals surface area contributed by atoms with Crippen LogP contribution in [0.15, 0.2) is 59.5 Å². The number of carbonyl (C=O) groups is 1. The van der Waals surface area contributed by atoms with Crippen LogP contribution in [0.5, 0.6) is 0 Å². The molecule has 0 aromatic heterocycles. The molecule has 0 saturated heterocycles. The predicted octanol–water partition coefficient (Wildman–Crippen LogP) is 2.62. The third-order valence-corrected chi connectivity index (χ3v) is 6.27. The van der Waals surface area contributed by atoms with E-state index in [1.165, 1.54) is 4.31 Å². The van der Waals surface area contributed by atoms with Gasteiger partial charge in [-0.3, -0.25) is 4.79 Å². The number of nitrogens with zero attached hydrogens (tertiary/aromatic N) is 1. The SMILES string of the molecule is CCN(CC)S(=O)(=O)c1ccc(CCNC(=O)Cc2ccccc2)cc1. The lowest BCUT2D eigenvalue weighted by atomic mass is 10.1. The van der Waals surface area contributed by atoms with E-state index in [2.05, 4.69) is 5.32 Å². The highest BCUT2D eigenvalue weighted by molar-refractivity contribution is 7.89. The fourth-order valence-corrected chi connectivity index (χ4v) is 4.19. The molecule has 0 aliphatic rings. The Bertz CT molecular complexity index is 799. The van der Waals surface area contributed by atoms with Gasteiger partial charge in [0.15, 0.2) is 0 Å². The Hall–Kier alpha value is -2.18. The normalized spacial score (nSPS) is 11.5. The van der Waals surface area contributed by atoms with E-state index in [1.54, 1.807) is 24.3 Å². The molecule has 0 saturated carbocycles. The van der Waals surface area contributed by atoms with Gasteiger partial charge in [-0.1, -0.05) is 56.3 Å². The summed E-state index contributed by atoms with van der Waals surface area (Å²) in [4.78, 5) is 12.2. The van der Waals surface area contributed by atoms with Crippen molar-refractivity contribution in [2.45, 2.75) is 31.6 Å². The number of sulfonamides is 1. The summed E-state index contributed by atoms with van der Waals surface area (Å²) >= 11 is 0. The van der Waals surface area contributed by atoms with Gasteiger partial charge in [0, 0.05) is 19.6 Å². The standard InChI is InChI=1S/C20H26N2O3S/c1-3-22(4-2)26(24,25)19-12-10-17(11-13-19)14-15-21-20(23)16-18-8-6-5-7-9-18/h5-13H,3-4,14-16H2,1-2H3,(H,21,23). The molecule has 0 spiro atoms. The van der Waals surface area contributed by atoms with E-state index in [0.29, 0.717) is 37.4 Å². The van der Waals surface area contributed by atoms with Crippen molar-refractivity contribution in [1.29, 1.82) is 0 Å². The highest BCUT2D eigenvalue weighted by atomic mass is 32.2. The van der Waals surface area contributed by atoms with Gasteiger partial charge in [-0.25, -0.2) is 8.42 Å². The number of benzene rings is 2. The molecule has 2 aromatic carbocycles. The molecule has 0 aliphatic carbocycles. The summed E-state index contributed by atoms with van der Waals surface area (Å²) in [6, 6.07) is 16.5. The molecule has 5 nitrogen and oxygen atoms in total. The minimum Gasteiger partial charge on any atom is -0.355 e. The van der Waals surface area contributed by atoms with Crippen LogP contribution in [0.4, 0.5) is 0 Å². The van der Waals surface area contributed by atoms with Crippen molar-refractivity contribution < 1.29 is 13.2 Å². The second-order valence-corrected chi connectivity index (χ2v) is 7.93. The van der Waals surface area contributed by atoms with Crippen molar-refractivity contribution >= 4 is 15.9 Å². The zero-order chi connectivity index (χ0) is 19.0. The van der Waals surface area contributed by atoms with Crippen LogP contribution in [0.3, 0.4) is 0 Å². The smallest absolute Gasteiger partial charge is 0.243 e. The number of hydrogen-bond donors (Lipinski definition) is 1. The molecule has 0 fully saturated rings. The third-order valence-electron chi connectivity index (χ3n) is 4.21. The maximum absolute atomic E-state index is 12.5. The summed E-state index contributed by atoms with van der Waals surface area (Å²) in [5.41, 5.74) is 1.97. The van der Waals surface area contributed by atoms with Gasteiger partial charge in [0.05, 0.1) is 11.3 Å². The van der Waals surface area contributed by atoms with Crippen LogP contribution in [0.2, 0.25) is 0 Å². The van der Waals surface area contributed by atoms with Crippen molar-refractivity contribution in [3.8, 4) is 0 Å². The predicted molar refractivity (Wildman–Crippen MR) is 103 cm³/mol. The van der Waals surface area contributed by atoms with E-state index < -0.39 is 10.0 Å². The van der Waals surface area contributed by atoms with Crippen molar-refractivity contribution in [2.75, 3.05) is 19.6 Å². The second-order valence-electron chi connectivity index (χ2n) is 6.00. The molecule has 1 N–H and O–H groups in total. The van der Waals surface area contributed by atoms with E-state index in [9.17, 15) is 13.2 Å². The number of nitrogens with one attached hydrogen (secondary N) is 1. The lowest BCUT2D eigenvalue weighted by molar-refractivity contribution is -0.120. The van der Waals surface area contributed by atoms with E-state index in [4.69, 9.17) is 0 Å². The fourth-order valence-electron chi connectivity index (χ4n) is 2.73. The van der Waals surface area contributed by atoms with Crippen LogP contribution in [0.25, 0.3) is 0 Å². The van der Waals surface area contributed by atoms with Crippen molar-refractivity contribution in [1.82, 2.24) is 9.62 Å². The first-order chi connectivity index (χ1) is 12.5. The van der Waals surface area contributed by atoms with E-state index in [0.717, 1.165) is 11.1 Å². The minimum absolute atomic E-state index is 0.0167. The summed E-state index contributed by atoms with van der Waals surface area (Å²) in [6.45, 7) is 5.08. The van der Waals surface area contributed by atoms with Crippen LogP contribution in [0.1, 0.15) is 25.0 Å². The van der Waals surface area contributed by atoms with Crippen LogP contribution in [0, 0.1) is 0 Å². The number of amides is 1. The van der Waals surface area contributed by atoms with Crippen LogP contribution in [-0.4, -0.2) is 38.3 Å². The Morgan fingerprint density at radius 3 is 2.12 bits per heavy atom. The van der Waals surface area contributed by atoms with Crippen molar-refractivity contribution in [3.05, 3.63) is 65.7 Å². The van der Waals surface area contributed by atoms with Gasteiger partial charge in [-0.15, -0.1) is 0 Å². The maximum atomic E-state index is 12.5. The summed E-state index contributed by atoms with van der Waals surface area (Å²) in [5, 5.41) is 2.90. The van der Waals surface area contributed by atoms with Crippen LogP contribution < -0.4 is 5.32 Å². The van der Waals surface area contributed by atoms with Gasteiger partial charge in [-0.2, -0.15) is 4.31 Å². The summed E-state index contributed by atoms with van der Waals surface area (Å²) in [6.07, 6.45) is 1.02. The largest absolute Gasteiger partial charge is 0.355 e. The summed E-state index contributed by atoms with van der Waals surface area (Å²) < 4.78 is 26.3. The molecule has 2 aromatic rings. The van der Waals surface area contributed by atoms with Crippen molar-refractivity contribution in [3.63, 3.8) is 0 Å². The average molecular weight is 375 g/mol. The van der Waals surface area contributed by atoms with Gasteiger partial charge < -0.3 is 5.32 Å². The molecule has 26 heavy (non-hydrogen) atoms. The quantitative estimate of drug-likeness (QED) is 0.734.